The molecule has 104 valence electrons. The van der Waals surface area contributed by atoms with Crippen LogP contribution in [0.1, 0.15) is 13.3 Å². The van der Waals surface area contributed by atoms with Crippen molar-refractivity contribution < 1.29 is 35.4 Å². The molecule has 0 saturated heterocycles. The van der Waals surface area contributed by atoms with E-state index in [-0.39, 0.29) is 6.92 Å². The SMILES string of the molecule is CC(F)(F)C(F)(F)C(F)(F)CCOP(=O)(Cl)Cl. The Morgan fingerprint density at radius 1 is 1.12 bits per heavy atom. The van der Waals surface area contributed by atoms with Crippen molar-refractivity contribution in [3.8, 4) is 0 Å². The highest BCUT2D eigenvalue weighted by molar-refractivity contribution is 8.05. The van der Waals surface area contributed by atoms with Gasteiger partial charge in [-0.1, -0.05) is 0 Å². The van der Waals surface area contributed by atoms with E-state index in [1.54, 1.807) is 0 Å². The lowest BCUT2D eigenvalue weighted by Gasteiger charge is -2.30. The molecule has 0 aliphatic carbocycles. The van der Waals surface area contributed by atoms with E-state index < -0.39 is 36.9 Å². The molecule has 11 heteroatoms. The molecule has 0 aromatic heterocycles. The molecule has 0 rings (SSSR count). The third-order valence-corrected chi connectivity index (χ3v) is 2.74. The lowest BCUT2D eigenvalue weighted by Crippen LogP contribution is -2.52. The van der Waals surface area contributed by atoms with Crippen LogP contribution < -0.4 is 0 Å². The number of rotatable bonds is 6. The van der Waals surface area contributed by atoms with Crippen molar-refractivity contribution in [3.05, 3.63) is 0 Å². The van der Waals surface area contributed by atoms with E-state index in [4.69, 9.17) is 22.5 Å². The predicted octanol–water partition coefficient (Wildman–Crippen LogP) is 4.90. The maximum Gasteiger partial charge on any atom is 0.380 e. The molecule has 0 spiro atoms. The summed E-state index contributed by atoms with van der Waals surface area (Å²) in [6, 6.07) is 0. The number of halogens is 8. The van der Waals surface area contributed by atoms with E-state index in [1.807, 2.05) is 0 Å². The van der Waals surface area contributed by atoms with Crippen LogP contribution in [0.25, 0.3) is 0 Å². The second-order valence-electron chi connectivity index (χ2n) is 3.16. The Bertz CT molecular complexity index is 312. The monoisotopic (exact) mass is 326 g/mol. The average molecular weight is 327 g/mol. The van der Waals surface area contributed by atoms with E-state index in [0.29, 0.717) is 0 Å². The molecule has 0 unspecified atom stereocenters. The first-order valence-corrected chi connectivity index (χ1v) is 7.41. The van der Waals surface area contributed by atoms with Crippen molar-refractivity contribution in [2.75, 3.05) is 6.61 Å². The molecular formula is C6H7Cl2F6O2P. The first kappa shape index (κ1) is 17.4. The molecule has 0 heterocycles. The minimum atomic E-state index is -5.56. The minimum absolute atomic E-state index is 0.338. The average Bonchev–Trinajstić information content (AvgIpc) is 1.98. The summed E-state index contributed by atoms with van der Waals surface area (Å²) < 4.78 is 89.8. The van der Waals surface area contributed by atoms with Gasteiger partial charge >= 0.3 is 23.8 Å². The third-order valence-electron chi connectivity index (χ3n) is 1.67. The molecule has 2 nitrogen and oxygen atoms in total. The fourth-order valence-corrected chi connectivity index (χ4v) is 1.48. The van der Waals surface area contributed by atoms with Gasteiger partial charge in [-0.3, -0.25) is 4.57 Å². The van der Waals surface area contributed by atoms with E-state index in [0.717, 1.165) is 0 Å². The van der Waals surface area contributed by atoms with Gasteiger partial charge in [0, 0.05) is 13.3 Å². The number of alkyl halides is 6. The van der Waals surface area contributed by atoms with Crippen molar-refractivity contribution in [2.45, 2.75) is 31.1 Å². The van der Waals surface area contributed by atoms with Crippen molar-refractivity contribution in [3.63, 3.8) is 0 Å². The standard InChI is InChI=1S/C6H7Cl2F6O2P/c1-4(9,10)6(13,14)5(11,12)2-3-16-17(7,8)15/h2-3H2,1H3. The molecule has 0 aliphatic rings. The van der Waals surface area contributed by atoms with E-state index in [1.165, 1.54) is 0 Å². The molecule has 0 radical (unpaired) electrons. The van der Waals surface area contributed by atoms with Gasteiger partial charge in [0.1, 0.15) is 0 Å². The zero-order chi connectivity index (χ0) is 14.1. The van der Waals surface area contributed by atoms with Crippen molar-refractivity contribution in [1.82, 2.24) is 0 Å². The van der Waals surface area contributed by atoms with Gasteiger partial charge in [-0.15, -0.1) is 0 Å². The normalized spacial score (nSPS) is 15.1. The summed E-state index contributed by atoms with van der Waals surface area (Å²) in [5.74, 6) is -15.5. The zero-order valence-electron chi connectivity index (χ0n) is 8.20. The molecule has 0 fully saturated rings. The minimum Gasteiger partial charge on any atom is -0.306 e. The molecule has 0 amide bonds. The van der Waals surface area contributed by atoms with Gasteiger partial charge in [-0.05, 0) is 22.5 Å². The summed E-state index contributed by atoms with van der Waals surface area (Å²) in [5.41, 5.74) is 0. The van der Waals surface area contributed by atoms with Crippen LogP contribution in [0.2, 0.25) is 0 Å². The fraction of sp³-hybridized carbons (Fsp3) is 1.00. The summed E-state index contributed by atoms with van der Waals surface area (Å²) in [6.07, 6.45) is -5.96. The summed E-state index contributed by atoms with van der Waals surface area (Å²) in [6.45, 7) is -1.58. The third kappa shape index (κ3) is 4.85. The van der Waals surface area contributed by atoms with Crippen LogP contribution >= 0.6 is 28.6 Å². The number of hydrogen-bond donors (Lipinski definition) is 0. The maximum absolute atomic E-state index is 12.8. The highest BCUT2D eigenvalue weighted by Gasteiger charge is 2.68. The van der Waals surface area contributed by atoms with Crippen molar-refractivity contribution in [1.29, 1.82) is 0 Å². The van der Waals surface area contributed by atoms with Crippen LogP contribution in [-0.2, 0) is 9.09 Å². The highest BCUT2D eigenvalue weighted by atomic mass is 35.9. The van der Waals surface area contributed by atoms with E-state index in [2.05, 4.69) is 4.52 Å². The topological polar surface area (TPSA) is 26.3 Å². The van der Waals surface area contributed by atoms with Crippen LogP contribution in [0.3, 0.4) is 0 Å². The number of hydrogen-bond acceptors (Lipinski definition) is 2. The fourth-order valence-electron chi connectivity index (χ4n) is 0.758. The molecule has 0 N–H and O–H groups in total. The Hall–Kier alpha value is 0.350. The van der Waals surface area contributed by atoms with Gasteiger partial charge in [-0.25, -0.2) is 0 Å². The largest absolute Gasteiger partial charge is 0.380 e. The van der Waals surface area contributed by atoms with Gasteiger partial charge in [0.2, 0.25) is 0 Å². The van der Waals surface area contributed by atoms with Gasteiger partial charge in [0.15, 0.2) is 0 Å². The summed E-state index contributed by atoms with van der Waals surface area (Å²) in [5, 5.41) is 0. The van der Waals surface area contributed by atoms with Crippen LogP contribution in [0.5, 0.6) is 0 Å². The van der Waals surface area contributed by atoms with Gasteiger partial charge < -0.3 is 4.52 Å². The molecular weight excluding hydrogens is 320 g/mol. The van der Waals surface area contributed by atoms with E-state index in [9.17, 15) is 30.9 Å². The Balaban J connectivity index is 4.64. The maximum atomic E-state index is 12.8. The molecule has 0 bridgehead atoms. The summed E-state index contributed by atoms with van der Waals surface area (Å²) in [4.78, 5) is 0. The first-order chi connectivity index (χ1) is 7.21. The molecule has 17 heavy (non-hydrogen) atoms. The van der Waals surface area contributed by atoms with Gasteiger partial charge in [-0.2, -0.15) is 26.3 Å². The second kappa shape index (κ2) is 5.15. The van der Waals surface area contributed by atoms with E-state index >= 15 is 0 Å². The lowest BCUT2D eigenvalue weighted by atomic mass is 10.0. The Morgan fingerprint density at radius 2 is 1.53 bits per heavy atom. The van der Waals surface area contributed by atoms with Crippen molar-refractivity contribution in [2.24, 2.45) is 0 Å². The second-order valence-corrected chi connectivity index (χ2v) is 7.44. The highest BCUT2D eigenvalue weighted by Crippen LogP contribution is 2.58. The molecule has 0 aromatic carbocycles. The first-order valence-electron chi connectivity index (χ1n) is 3.98. The van der Waals surface area contributed by atoms with Crippen LogP contribution in [-0.4, -0.2) is 24.4 Å². The summed E-state index contributed by atoms with van der Waals surface area (Å²) >= 11 is 9.57. The predicted molar refractivity (Wildman–Crippen MR) is 50.4 cm³/mol. The molecule has 0 saturated carbocycles. The molecule has 0 aromatic rings. The summed E-state index contributed by atoms with van der Waals surface area (Å²) in [7, 11) is 0. The lowest BCUT2D eigenvalue weighted by molar-refractivity contribution is -0.305. The Labute approximate surface area is 102 Å². The molecule has 0 atom stereocenters. The zero-order valence-corrected chi connectivity index (χ0v) is 10.6. The van der Waals surface area contributed by atoms with Crippen LogP contribution in [0, 0.1) is 0 Å². The van der Waals surface area contributed by atoms with Crippen molar-refractivity contribution >= 4 is 28.6 Å². The quantitative estimate of drug-likeness (QED) is 0.512. The smallest absolute Gasteiger partial charge is 0.306 e. The Kier molecular flexibility index (Phi) is 5.26. The van der Waals surface area contributed by atoms with Gasteiger partial charge in [0.25, 0.3) is 0 Å². The molecule has 0 aliphatic heterocycles. The Morgan fingerprint density at radius 3 is 1.82 bits per heavy atom. The van der Waals surface area contributed by atoms with Crippen LogP contribution in [0.15, 0.2) is 0 Å². The van der Waals surface area contributed by atoms with Crippen LogP contribution in [0.4, 0.5) is 26.3 Å². The van der Waals surface area contributed by atoms with Gasteiger partial charge in [0.05, 0.1) is 6.61 Å².